The van der Waals surface area contributed by atoms with Gasteiger partial charge < -0.3 is 10.6 Å². The number of rotatable bonds is 8. The number of fused-ring (bicyclic) bond motifs is 1. The molecule has 0 saturated heterocycles. The average molecular weight is 622 g/mol. The maximum absolute atomic E-state index is 13.2. The molecule has 208 valence electrons. The van der Waals surface area contributed by atoms with Crippen LogP contribution in [0.2, 0.25) is 10.0 Å². The van der Waals surface area contributed by atoms with E-state index in [1.807, 2.05) is 43.3 Å². The highest BCUT2D eigenvalue weighted by Crippen LogP contribution is 2.38. The van der Waals surface area contributed by atoms with Crippen LogP contribution < -0.4 is 10.6 Å². The third-order valence-corrected chi connectivity index (χ3v) is 9.46. The molecule has 0 spiro atoms. The molecule has 0 bridgehead atoms. The van der Waals surface area contributed by atoms with Crippen molar-refractivity contribution in [3.8, 4) is 6.07 Å². The van der Waals surface area contributed by atoms with E-state index in [1.54, 1.807) is 18.2 Å². The van der Waals surface area contributed by atoms with E-state index in [-0.39, 0.29) is 16.8 Å². The summed E-state index contributed by atoms with van der Waals surface area (Å²) in [5.74, 6) is -0.540. The van der Waals surface area contributed by atoms with Crippen molar-refractivity contribution in [3.05, 3.63) is 110 Å². The maximum Gasteiger partial charge on any atom is 0.257 e. The highest BCUT2D eigenvalue weighted by molar-refractivity contribution is 8.00. The van der Waals surface area contributed by atoms with Crippen LogP contribution in [-0.4, -0.2) is 28.5 Å². The molecular formula is C31H26Cl2N4O2S2. The molecular weight excluding hydrogens is 595 g/mol. The molecule has 0 radical (unpaired) electrons. The largest absolute Gasteiger partial charge is 0.322 e. The van der Waals surface area contributed by atoms with Crippen LogP contribution in [0.4, 0.5) is 10.7 Å². The van der Waals surface area contributed by atoms with Crippen molar-refractivity contribution in [3.63, 3.8) is 0 Å². The Labute approximate surface area is 257 Å². The first-order chi connectivity index (χ1) is 19.8. The number of halogens is 2. The Morgan fingerprint density at radius 2 is 1.88 bits per heavy atom. The zero-order chi connectivity index (χ0) is 28.9. The van der Waals surface area contributed by atoms with Gasteiger partial charge in [-0.3, -0.25) is 14.5 Å². The fourth-order valence-corrected chi connectivity index (χ4v) is 7.29. The molecule has 1 atom stereocenters. The number of amides is 2. The average Bonchev–Trinajstić information content (AvgIpc) is 3.29. The predicted molar refractivity (Wildman–Crippen MR) is 168 cm³/mol. The van der Waals surface area contributed by atoms with E-state index in [1.165, 1.54) is 34.7 Å². The number of hydrogen-bond donors (Lipinski definition) is 2. The van der Waals surface area contributed by atoms with Gasteiger partial charge in [0.2, 0.25) is 5.91 Å². The summed E-state index contributed by atoms with van der Waals surface area (Å²) in [6, 6.07) is 24.6. The van der Waals surface area contributed by atoms with Crippen molar-refractivity contribution in [1.29, 1.82) is 5.26 Å². The number of nitrogens with one attached hydrogen (secondary N) is 2. The molecule has 1 aliphatic rings. The van der Waals surface area contributed by atoms with Gasteiger partial charge in [-0.1, -0.05) is 59.6 Å². The Kier molecular flexibility index (Phi) is 9.33. The SMILES string of the molecule is CC(Sc1cccc(NC(=O)c2ccc(Cl)cc2Cl)c1)C(=O)Nc1sc2c(c1C#N)CCN(Cc1ccccc1)C2. The predicted octanol–water partition coefficient (Wildman–Crippen LogP) is 7.86. The van der Waals surface area contributed by atoms with Gasteiger partial charge in [-0.25, -0.2) is 0 Å². The molecule has 3 aromatic carbocycles. The van der Waals surface area contributed by atoms with Gasteiger partial charge in [-0.2, -0.15) is 5.26 Å². The van der Waals surface area contributed by atoms with E-state index in [9.17, 15) is 14.9 Å². The lowest BCUT2D eigenvalue weighted by Gasteiger charge is -2.26. The summed E-state index contributed by atoms with van der Waals surface area (Å²) in [6.45, 7) is 4.29. The van der Waals surface area contributed by atoms with E-state index >= 15 is 0 Å². The zero-order valence-corrected chi connectivity index (χ0v) is 25.3. The molecule has 10 heteroatoms. The number of benzene rings is 3. The summed E-state index contributed by atoms with van der Waals surface area (Å²) in [5, 5.41) is 16.6. The molecule has 0 aliphatic carbocycles. The van der Waals surface area contributed by atoms with E-state index in [0.717, 1.165) is 41.4 Å². The Morgan fingerprint density at radius 3 is 2.63 bits per heavy atom. The number of hydrogen-bond acceptors (Lipinski definition) is 6. The smallest absolute Gasteiger partial charge is 0.257 e. The Hall–Kier alpha value is -3.32. The number of carbonyl (C=O) groups is 2. The van der Waals surface area contributed by atoms with Crippen molar-refractivity contribution in [2.45, 2.75) is 36.6 Å². The molecule has 2 amide bonds. The van der Waals surface area contributed by atoms with Crippen molar-refractivity contribution in [2.24, 2.45) is 0 Å². The number of anilines is 2. The number of nitriles is 1. The number of thiophene rings is 1. The van der Waals surface area contributed by atoms with Gasteiger partial charge in [-0.15, -0.1) is 23.1 Å². The summed E-state index contributed by atoms with van der Waals surface area (Å²) in [7, 11) is 0. The fourth-order valence-electron chi connectivity index (χ4n) is 4.63. The maximum atomic E-state index is 13.2. The molecule has 0 saturated carbocycles. The van der Waals surface area contributed by atoms with Crippen LogP contribution in [0.25, 0.3) is 0 Å². The third-order valence-electron chi connectivity index (χ3n) is 6.68. The van der Waals surface area contributed by atoms with E-state index in [2.05, 4.69) is 33.7 Å². The quantitative estimate of drug-likeness (QED) is 0.196. The van der Waals surface area contributed by atoms with Gasteiger partial charge >= 0.3 is 0 Å². The topological polar surface area (TPSA) is 85.2 Å². The summed E-state index contributed by atoms with van der Waals surface area (Å²) in [5.41, 5.74) is 3.76. The lowest BCUT2D eigenvalue weighted by molar-refractivity contribution is -0.115. The fraction of sp³-hybridized carbons (Fsp3) is 0.194. The highest BCUT2D eigenvalue weighted by atomic mass is 35.5. The summed E-state index contributed by atoms with van der Waals surface area (Å²) >= 11 is 15.0. The van der Waals surface area contributed by atoms with Crippen LogP contribution >= 0.6 is 46.3 Å². The van der Waals surface area contributed by atoms with Crippen LogP contribution in [0.5, 0.6) is 0 Å². The van der Waals surface area contributed by atoms with Crippen LogP contribution in [0.3, 0.4) is 0 Å². The van der Waals surface area contributed by atoms with Crippen molar-refractivity contribution in [2.75, 3.05) is 17.2 Å². The molecule has 0 fully saturated rings. The minimum absolute atomic E-state index is 0.186. The van der Waals surface area contributed by atoms with Crippen LogP contribution in [-0.2, 0) is 24.3 Å². The first-order valence-corrected chi connectivity index (χ1v) is 15.4. The summed E-state index contributed by atoms with van der Waals surface area (Å²) in [6.07, 6.45) is 0.779. The van der Waals surface area contributed by atoms with Gasteiger partial charge in [0.05, 0.1) is 21.4 Å². The second-order valence-corrected chi connectivity index (χ2v) is 13.0. The molecule has 2 N–H and O–H groups in total. The lowest BCUT2D eigenvalue weighted by atomic mass is 10.0. The van der Waals surface area contributed by atoms with Gasteiger partial charge in [0, 0.05) is 40.1 Å². The lowest BCUT2D eigenvalue weighted by Crippen LogP contribution is -2.29. The summed E-state index contributed by atoms with van der Waals surface area (Å²) < 4.78 is 0. The molecule has 1 aromatic heterocycles. The van der Waals surface area contributed by atoms with Crippen molar-refractivity contribution in [1.82, 2.24) is 4.90 Å². The second kappa shape index (κ2) is 13.1. The number of thioether (sulfide) groups is 1. The van der Waals surface area contributed by atoms with Gasteiger partial charge in [0.15, 0.2) is 0 Å². The minimum Gasteiger partial charge on any atom is -0.322 e. The van der Waals surface area contributed by atoms with E-state index < -0.39 is 5.25 Å². The first kappa shape index (κ1) is 29.2. The van der Waals surface area contributed by atoms with Crippen molar-refractivity contribution >= 4 is 68.8 Å². The molecule has 1 aliphatic heterocycles. The Morgan fingerprint density at radius 1 is 1.07 bits per heavy atom. The van der Waals surface area contributed by atoms with Gasteiger partial charge in [-0.05, 0) is 60.9 Å². The van der Waals surface area contributed by atoms with E-state index in [4.69, 9.17) is 23.2 Å². The molecule has 1 unspecified atom stereocenters. The van der Waals surface area contributed by atoms with E-state index in [0.29, 0.717) is 26.8 Å². The standard InChI is InChI=1S/C31H26Cl2N4O2S2/c1-19(40-23-9-5-8-22(15-23)35-30(39)25-11-10-21(32)14-27(25)33)29(38)36-31-26(16-34)24-12-13-37(18-28(24)41-31)17-20-6-3-2-4-7-20/h2-11,14-15,19H,12-13,17-18H2,1H3,(H,35,39)(H,36,38). The minimum atomic E-state index is -0.438. The monoisotopic (exact) mass is 620 g/mol. The number of nitrogens with zero attached hydrogens (tertiary/aromatic N) is 2. The summed E-state index contributed by atoms with van der Waals surface area (Å²) in [4.78, 5) is 30.2. The zero-order valence-electron chi connectivity index (χ0n) is 22.1. The van der Waals surface area contributed by atoms with Crippen molar-refractivity contribution < 1.29 is 9.59 Å². The number of carbonyl (C=O) groups excluding carboxylic acids is 2. The first-order valence-electron chi connectivity index (χ1n) is 13.0. The van der Waals surface area contributed by atoms with Crippen LogP contribution in [0.15, 0.2) is 77.7 Å². The van der Waals surface area contributed by atoms with Gasteiger partial charge in [0.25, 0.3) is 5.91 Å². The van der Waals surface area contributed by atoms with Gasteiger partial charge in [0.1, 0.15) is 11.1 Å². The molecule has 5 rings (SSSR count). The molecule has 2 heterocycles. The second-order valence-electron chi connectivity index (χ2n) is 9.62. The highest BCUT2D eigenvalue weighted by Gasteiger charge is 2.26. The normalized spacial score (nSPS) is 13.6. The molecule has 4 aromatic rings. The Bertz CT molecular complexity index is 1640. The molecule has 41 heavy (non-hydrogen) atoms. The van der Waals surface area contributed by atoms with Crippen LogP contribution in [0.1, 0.15) is 38.8 Å². The van der Waals surface area contributed by atoms with Crippen LogP contribution in [0, 0.1) is 11.3 Å². The third kappa shape index (κ3) is 7.13. The Balaban J connectivity index is 1.22. The molecule has 6 nitrogen and oxygen atoms in total.